The van der Waals surface area contributed by atoms with Crippen molar-refractivity contribution in [3.63, 3.8) is 0 Å². The lowest BCUT2D eigenvalue weighted by molar-refractivity contribution is -0.129. The quantitative estimate of drug-likeness (QED) is 0.320. The summed E-state index contributed by atoms with van der Waals surface area (Å²) >= 11 is 0. The predicted octanol–water partition coefficient (Wildman–Crippen LogP) is 4.58. The summed E-state index contributed by atoms with van der Waals surface area (Å²) in [5, 5.41) is 13.7. The third-order valence-corrected chi connectivity index (χ3v) is 8.66. The smallest absolute Gasteiger partial charge is 0.407 e. The maximum Gasteiger partial charge on any atom is 0.407 e. The van der Waals surface area contributed by atoms with Crippen LogP contribution in [0.25, 0.3) is 16.8 Å². The third-order valence-electron chi connectivity index (χ3n) is 8.66. The lowest BCUT2D eigenvalue weighted by Crippen LogP contribution is -2.48. The number of benzene rings is 1. The van der Waals surface area contributed by atoms with E-state index in [9.17, 15) is 14.7 Å². The molecule has 2 aliphatic rings. The molecular weight excluding hydrogens is 548 g/mol. The maximum absolute atomic E-state index is 13.1. The van der Waals surface area contributed by atoms with Gasteiger partial charge in [0.15, 0.2) is 0 Å². The van der Waals surface area contributed by atoms with Gasteiger partial charge in [0.2, 0.25) is 5.91 Å². The van der Waals surface area contributed by atoms with Gasteiger partial charge >= 0.3 is 6.09 Å². The molecule has 11 heteroatoms. The van der Waals surface area contributed by atoms with Gasteiger partial charge in [-0.1, -0.05) is 12.1 Å². The lowest BCUT2D eigenvalue weighted by atomic mass is 10.0. The van der Waals surface area contributed by atoms with Gasteiger partial charge in [-0.15, -0.1) is 0 Å². The van der Waals surface area contributed by atoms with Crippen LogP contribution in [0.15, 0.2) is 67.1 Å². The summed E-state index contributed by atoms with van der Waals surface area (Å²) in [5.74, 6) is 1.64. The summed E-state index contributed by atoms with van der Waals surface area (Å²) in [5.41, 5.74) is 4.50. The van der Waals surface area contributed by atoms with Gasteiger partial charge in [0.25, 0.3) is 0 Å². The first kappa shape index (κ1) is 28.3. The van der Waals surface area contributed by atoms with Crippen LogP contribution in [-0.2, 0) is 4.79 Å². The summed E-state index contributed by atoms with van der Waals surface area (Å²) in [6, 6.07) is 15.7. The van der Waals surface area contributed by atoms with Gasteiger partial charge in [0, 0.05) is 56.8 Å². The highest BCUT2D eigenvalue weighted by Crippen LogP contribution is 2.34. The zero-order chi connectivity index (χ0) is 30.1. The Kier molecular flexibility index (Phi) is 7.79. The number of fused-ring (bicyclic) bond motifs is 1. The van der Waals surface area contributed by atoms with E-state index in [1.165, 1.54) is 4.90 Å². The number of likely N-dealkylation sites (tertiary alicyclic amines) is 1. The molecule has 2 amide bonds. The van der Waals surface area contributed by atoms with Gasteiger partial charge in [0.05, 0.1) is 36.9 Å². The summed E-state index contributed by atoms with van der Waals surface area (Å²) in [6.07, 6.45) is 4.84. The minimum atomic E-state index is -0.880. The molecule has 2 saturated heterocycles. The zero-order valence-electron chi connectivity index (χ0n) is 24.6. The van der Waals surface area contributed by atoms with E-state index in [-0.39, 0.29) is 24.0 Å². The van der Waals surface area contributed by atoms with Crippen molar-refractivity contribution in [1.29, 1.82) is 0 Å². The fraction of sp³-hybridized carbons (Fsp3) is 0.375. The van der Waals surface area contributed by atoms with Crippen molar-refractivity contribution in [1.82, 2.24) is 24.4 Å². The number of ether oxygens (including phenoxy) is 2. The summed E-state index contributed by atoms with van der Waals surface area (Å²) in [6.45, 7) is 6.89. The first-order chi connectivity index (χ1) is 20.8. The molecule has 2 fully saturated rings. The normalized spacial score (nSPS) is 18.6. The van der Waals surface area contributed by atoms with Gasteiger partial charge in [0.1, 0.15) is 23.1 Å². The van der Waals surface area contributed by atoms with Crippen molar-refractivity contribution in [3.8, 4) is 22.8 Å². The number of carbonyl (C=O) groups excluding carboxylic acids is 1. The summed E-state index contributed by atoms with van der Waals surface area (Å²) < 4.78 is 13.6. The summed E-state index contributed by atoms with van der Waals surface area (Å²) in [4.78, 5) is 34.5. The Bertz CT molecular complexity index is 1600. The first-order valence-corrected chi connectivity index (χ1v) is 14.6. The average molecular weight is 585 g/mol. The molecule has 3 atom stereocenters. The molecule has 1 N–H and O–H groups in total. The number of rotatable bonds is 8. The van der Waals surface area contributed by atoms with Crippen molar-refractivity contribution >= 4 is 23.2 Å². The van der Waals surface area contributed by atoms with Crippen LogP contribution in [-0.4, -0.2) is 87.4 Å². The Hall–Kier alpha value is -4.80. The van der Waals surface area contributed by atoms with E-state index in [0.717, 1.165) is 33.8 Å². The molecule has 0 unspecified atom stereocenters. The van der Waals surface area contributed by atoms with E-state index in [0.29, 0.717) is 44.9 Å². The van der Waals surface area contributed by atoms with E-state index in [1.807, 2.05) is 72.7 Å². The SMILES string of the molecule is COc1ccc([C@@H](C)N2C[C@H]([C@@H](C)Oc3cc(-c4ccc(N5CCN(C(=O)O)CC5)cn4)cn4nccc34)CC2=O)cc1. The van der Waals surface area contributed by atoms with Crippen molar-refractivity contribution < 1.29 is 24.2 Å². The van der Waals surface area contributed by atoms with Gasteiger partial charge in [-0.25, -0.2) is 9.31 Å². The van der Waals surface area contributed by atoms with E-state index in [4.69, 9.17) is 14.5 Å². The van der Waals surface area contributed by atoms with Crippen molar-refractivity contribution in [3.05, 3.63) is 72.7 Å². The molecule has 6 rings (SSSR count). The third kappa shape index (κ3) is 5.79. The van der Waals surface area contributed by atoms with E-state index >= 15 is 0 Å². The molecular formula is C32H36N6O5. The Morgan fingerprint density at radius 1 is 1.05 bits per heavy atom. The predicted molar refractivity (Wildman–Crippen MR) is 162 cm³/mol. The monoisotopic (exact) mass is 584 g/mol. The standard InChI is InChI=1S/C32H36N6O5/c1-21(23-4-7-27(42-3)8-5-23)37-19-24(17-31(37)39)22(2)43-30-16-25(20-38-29(30)10-11-34-38)28-9-6-26(18-33-28)35-12-14-36(15-13-35)32(40)41/h4-11,16,18,20-22,24H,12-15,17,19H2,1-3H3,(H,40,41)/t21-,22-,24-/m1/s1. The maximum atomic E-state index is 13.1. The number of hydrogen-bond acceptors (Lipinski definition) is 7. The van der Waals surface area contributed by atoms with Gasteiger partial charge in [-0.05, 0) is 55.8 Å². The van der Waals surface area contributed by atoms with Crippen molar-refractivity contribution in [2.75, 3.05) is 44.7 Å². The number of piperazine rings is 1. The van der Waals surface area contributed by atoms with E-state index < -0.39 is 6.09 Å². The number of methoxy groups -OCH3 is 1. The number of amides is 2. The van der Waals surface area contributed by atoms with Crippen LogP contribution in [0, 0.1) is 5.92 Å². The van der Waals surface area contributed by atoms with Gasteiger partial charge in [-0.2, -0.15) is 5.10 Å². The highest BCUT2D eigenvalue weighted by molar-refractivity contribution is 5.79. The second-order valence-corrected chi connectivity index (χ2v) is 11.2. The van der Waals surface area contributed by atoms with Gasteiger partial charge in [-0.3, -0.25) is 9.78 Å². The molecule has 5 heterocycles. The molecule has 0 spiro atoms. The number of carbonyl (C=O) groups is 2. The molecule has 0 radical (unpaired) electrons. The van der Waals surface area contributed by atoms with E-state index in [2.05, 4.69) is 16.9 Å². The Morgan fingerprint density at radius 2 is 1.81 bits per heavy atom. The number of nitrogens with zero attached hydrogens (tertiary/aromatic N) is 6. The van der Waals surface area contributed by atoms with E-state index in [1.54, 1.807) is 17.8 Å². The number of pyridine rings is 2. The minimum absolute atomic E-state index is 0.0406. The highest BCUT2D eigenvalue weighted by atomic mass is 16.5. The topological polar surface area (TPSA) is 113 Å². The molecule has 0 bridgehead atoms. The van der Waals surface area contributed by atoms with Crippen LogP contribution in [0.3, 0.4) is 0 Å². The molecule has 3 aromatic heterocycles. The van der Waals surface area contributed by atoms with Gasteiger partial charge < -0.3 is 29.3 Å². The molecule has 2 aliphatic heterocycles. The number of anilines is 1. The van der Waals surface area contributed by atoms with Crippen molar-refractivity contribution in [2.24, 2.45) is 5.92 Å². The molecule has 4 aromatic rings. The van der Waals surface area contributed by atoms with Crippen molar-refractivity contribution in [2.45, 2.75) is 32.4 Å². The fourth-order valence-corrected chi connectivity index (χ4v) is 5.94. The lowest BCUT2D eigenvalue weighted by Gasteiger charge is -2.34. The zero-order valence-corrected chi connectivity index (χ0v) is 24.6. The fourth-order valence-electron chi connectivity index (χ4n) is 5.94. The second kappa shape index (κ2) is 11.8. The Balaban J connectivity index is 1.16. The molecule has 224 valence electrons. The van der Waals surface area contributed by atoms with Crippen LogP contribution in [0.1, 0.15) is 31.9 Å². The second-order valence-electron chi connectivity index (χ2n) is 11.2. The van der Waals surface area contributed by atoms with Crippen LogP contribution in [0.2, 0.25) is 0 Å². The van der Waals surface area contributed by atoms with Crippen LogP contribution in [0.4, 0.5) is 10.5 Å². The number of carboxylic acid groups (broad SMARTS) is 1. The highest BCUT2D eigenvalue weighted by Gasteiger charge is 2.37. The van der Waals surface area contributed by atoms with Crippen LogP contribution in [0.5, 0.6) is 11.5 Å². The Labute approximate surface area is 250 Å². The average Bonchev–Trinajstić information content (AvgIpc) is 3.68. The largest absolute Gasteiger partial charge is 0.497 e. The van der Waals surface area contributed by atoms with Crippen LogP contribution < -0.4 is 14.4 Å². The molecule has 43 heavy (non-hydrogen) atoms. The summed E-state index contributed by atoms with van der Waals surface area (Å²) in [7, 11) is 1.64. The molecule has 11 nitrogen and oxygen atoms in total. The molecule has 0 saturated carbocycles. The number of aromatic nitrogens is 3. The molecule has 0 aliphatic carbocycles. The first-order valence-electron chi connectivity index (χ1n) is 14.6. The Morgan fingerprint density at radius 3 is 2.49 bits per heavy atom. The van der Waals surface area contributed by atoms with Crippen LogP contribution >= 0.6 is 0 Å². The number of hydrogen-bond donors (Lipinski definition) is 1. The molecule has 1 aromatic carbocycles. The minimum Gasteiger partial charge on any atom is -0.497 e.